The lowest BCUT2D eigenvalue weighted by atomic mass is 10.2. The molecule has 0 aliphatic rings. The van der Waals surface area contributed by atoms with Crippen molar-refractivity contribution < 1.29 is 19.4 Å². The fourth-order valence-corrected chi connectivity index (χ4v) is 0.270. The van der Waals surface area contributed by atoms with Gasteiger partial charge in [-0.15, -0.1) is 0 Å². The van der Waals surface area contributed by atoms with Gasteiger partial charge in [-0.1, -0.05) is 13.8 Å². The first-order chi connectivity index (χ1) is 5.54. The van der Waals surface area contributed by atoms with E-state index >= 15 is 0 Å². The van der Waals surface area contributed by atoms with Crippen LogP contribution in [-0.4, -0.2) is 16.2 Å². The van der Waals surface area contributed by atoms with E-state index in [2.05, 4.69) is 4.42 Å². The van der Waals surface area contributed by atoms with Gasteiger partial charge >= 0.3 is 5.97 Å². The Labute approximate surface area is 70.4 Å². The summed E-state index contributed by atoms with van der Waals surface area (Å²) in [5, 5.41) is 16.3. The van der Waals surface area contributed by atoms with Crippen LogP contribution in [0.3, 0.4) is 0 Å². The molecule has 1 rings (SSSR count). The average molecular weight is 172 g/mol. The SMILES string of the molecule is CC(C)C(=O)O.Oc1ccco1. The molecule has 1 heterocycles. The summed E-state index contributed by atoms with van der Waals surface area (Å²) in [6.07, 6.45) is 1.41. The lowest BCUT2D eigenvalue weighted by molar-refractivity contribution is -0.140. The Kier molecular flexibility index (Phi) is 4.60. The number of carboxylic acid groups (broad SMARTS) is 1. The van der Waals surface area contributed by atoms with Crippen LogP contribution in [0.15, 0.2) is 22.8 Å². The van der Waals surface area contributed by atoms with Crippen LogP contribution in [0.5, 0.6) is 5.95 Å². The number of hydrogen-bond acceptors (Lipinski definition) is 3. The number of carboxylic acids is 1. The van der Waals surface area contributed by atoms with Crippen molar-refractivity contribution in [2.75, 3.05) is 0 Å². The first-order valence-electron chi connectivity index (χ1n) is 3.49. The molecule has 12 heavy (non-hydrogen) atoms. The fourth-order valence-electron chi connectivity index (χ4n) is 0.270. The molecular weight excluding hydrogens is 160 g/mol. The third kappa shape index (κ3) is 5.34. The molecule has 0 unspecified atom stereocenters. The molecule has 0 saturated carbocycles. The lowest BCUT2D eigenvalue weighted by Gasteiger charge is -1.89. The highest BCUT2D eigenvalue weighted by molar-refractivity contribution is 5.68. The second-order valence-electron chi connectivity index (χ2n) is 2.44. The molecule has 0 saturated heterocycles. The van der Waals surface area contributed by atoms with E-state index in [-0.39, 0.29) is 11.9 Å². The van der Waals surface area contributed by atoms with Crippen LogP contribution in [0.25, 0.3) is 0 Å². The minimum atomic E-state index is -0.741. The molecule has 0 aliphatic carbocycles. The standard InChI is InChI=1S/C4H4O2.C4H8O2/c5-4-2-1-3-6-4;1-3(2)4(5)6/h1-3,5H;3H,1-2H3,(H,5,6). The number of furan rings is 1. The lowest BCUT2D eigenvalue weighted by Crippen LogP contribution is -2.03. The molecule has 0 aliphatic heterocycles. The van der Waals surface area contributed by atoms with E-state index in [0.717, 1.165) is 0 Å². The van der Waals surface area contributed by atoms with Crippen molar-refractivity contribution in [2.45, 2.75) is 13.8 Å². The van der Waals surface area contributed by atoms with Crippen molar-refractivity contribution in [3.8, 4) is 5.95 Å². The van der Waals surface area contributed by atoms with Crippen LogP contribution in [0, 0.1) is 5.92 Å². The smallest absolute Gasteiger partial charge is 0.305 e. The Balaban J connectivity index is 0.000000202. The highest BCUT2D eigenvalue weighted by Gasteiger charge is 1.99. The molecule has 0 bridgehead atoms. The molecule has 0 radical (unpaired) electrons. The third-order valence-corrected chi connectivity index (χ3v) is 1.00. The number of aliphatic carboxylic acids is 1. The van der Waals surface area contributed by atoms with Gasteiger partial charge in [0.05, 0.1) is 12.2 Å². The number of rotatable bonds is 1. The molecule has 0 atom stereocenters. The van der Waals surface area contributed by atoms with Crippen LogP contribution in [0.4, 0.5) is 0 Å². The van der Waals surface area contributed by atoms with Crippen LogP contribution < -0.4 is 0 Å². The Hall–Kier alpha value is -1.45. The summed E-state index contributed by atoms with van der Waals surface area (Å²) in [5.41, 5.74) is 0. The van der Waals surface area contributed by atoms with Crippen LogP contribution >= 0.6 is 0 Å². The van der Waals surface area contributed by atoms with Gasteiger partial charge in [-0.3, -0.25) is 4.79 Å². The number of carbonyl (C=O) groups is 1. The highest BCUT2D eigenvalue weighted by atomic mass is 16.5. The van der Waals surface area contributed by atoms with E-state index in [1.165, 1.54) is 12.3 Å². The summed E-state index contributed by atoms with van der Waals surface area (Å²) >= 11 is 0. The van der Waals surface area contributed by atoms with Gasteiger partial charge in [0.1, 0.15) is 0 Å². The summed E-state index contributed by atoms with van der Waals surface area (Å²) < 4.78 is 4.39. The molecule has 2 N–H and O–H groups in total. The summed E-state index contributed by atoms with van der Waals surface area (Å²) in [6.45, 7) is 3.28. The maximum absolute atomic E-state index is 9.70. The van der Waals surface area contributed by atoms with Gasteiger partial charge in [-0.25, -0.2) is 0 Å². The number of aromatic hydroxyl groups is 1. The highest BCUT2D eigenvalue weighted by Crippen LogP contribution is 2.04. The second-order valence-corrected chi connectivity index (χ2v) is 2.44. The van der Waals surface area contributed by atoms with E-state index in [1.807, 2.05) is 0 Å². The van der Waals surface area contributed by atoms with Gasteiger partial charge in [-0.05, 0) is 6.07 Å². The predicted octanol–water partition coefficient (Wildman–Crippen LogP) is 1.71. The zero-order valence-electron chi connectivity index (χ0n) is 7.02. The minimum Gasteiger partial charge on any atom is -0.481 e. The van der Waals surface area contributed by atoms with Crippen molar-refractivity contribution >= 4 is 5.97 Å². The minimum absolute atomic E-state index is 0.0324. The van der Waals surface area contributed by atoms with Crippen molar-refractivity contribution in [1.82, 2.24) is 0 Å². The van der Waals surface area contributed by atoms with Crippen LogP contribution in [0.2, 0.25) is 0 Å². The van der Waals surface area contributed by atoms with Crippen molar-refractivity contribution in [1.29, 1.82) is 0 Å². The predicted molar refractivity (Wildman–Crippen MR) is 42.8 cm³/mol. The molecule has 1 aromatic heterocycles. The second kappa shape index (κ2) is 5.23. The van der Waals surface area contributed by atoms with Crippen molar-refractivity contribution in [3.63, 3.8) is 0 Å². The van der Waals surface area contributed by atoms with Gasteiger partial charge < -0.3 is 14.6 Å². The Morgan fingerprint density at radius 3 is 2.17 bits per heavy atom. The van der Waals surface area contributed by atoms with Crippen molar-refractivity contribution in [3.05, 3.63) is 18.4 Å². The Morgan fingerprint density at radius 2 is 2.08 bits per heavy atom. The summed E-state index contributed by atoms with van der Waals surface area (Å²) in [7, 11) is 0. The first kappa shape index (κ1) is 10.6. The first-order valence-corrected chi connectivity index (χ1v) is 3.49. The zero-order chi connectivity index (χ0) is 9.56. The van der Waals surface area contributed by atoms with E-state index in [4.69, 9.17) is 10.2 Å². The van der Waals surface area contributed by atoms with Crippen LogP contribution in [-0.2, 0) is 4.79 Å². The maximum atomic E-state index is 9.70. The summed E-state index contributed by atoms with van der Waals surface area (Å²) in [6, 6.07) is 3.09. The fraction of sp³-hybridized carbons (Fsp3) is 0.375. The molecule has 0 spiro atoms. The average Bonchev–Trinajstić information content (AvgIpc) is 2.40. The molecular formula is C8H12O4. The molecule has 0 fully saturated rings. The molecule has 4 heteroatoms. The monoisotopic (exact) mass is 172 g/mol. The zero-order valence-corrected chi connectivity index (χ0v) is 7.02. The third-order valence-electron chi connectivity index (χ3n) is 1.00. The normalized spacial score (nSPS) is 8.92. The van der Waals surface area contributed by atoms with Gasteiger partial charge in [0, 0.05) is 6.07 Å². The molecule has 0 amide bonds. The number of hydrogen-bond donors (Lipinski definition) is 2. The summed E-state index contributed by atoms with van der Waals surface area (Å²) in [5.74, 6) is -1.00. The van der Waals surface area contributed by atoms with E-state index < -0.39 is 5.97 Å². The largest absolute Gasteiger partial charge is 0.481 e. The van der Waals surface area contributed by atoms with E-state index in [0.29, 0.717) is 0 Å². The van der Waals surface area contributed by atoms with Gasteiger partial charge in [-0.2, -0.15) is 0 Å². The Morgan fingerprint density at radius 1 is 1.58 bits per heavy atom. The maximum Gasteiger partial charge on any atom is 0.305 e. The van der Waals surface area contributed by atoms with Crippen LogP contribution in [0.1, 0.15) is 13.8 Å². The van der Waals surface area contributed by atoms with Gasteiger partial charge in [0.25, 0.3) is 5.95 Å². The quantitative estimate of drug-likeness (QED) is 0.676. The topological polar surface area (TPSA) is 70.7 Å². The molecule has 0 aromatic carbocycles. The van der Waals surface area contributed by atoms with E-state index in [1.54, 1.807) is 19.9 Å². The molecule has 4 nitrogen and oxygen atoms in total. The van der Waals surface area contributed by atoms with Crippen molar-refractivity contribution in [2.24, 2.45) is 5.92 Å². The Bertz CT molecular complexity index is 213. The van der Waals surface area contributed by atoms with E-state index in [9.17, 15) is 4.79 Å². The van der Waals surface area contributed by atoms with Gasteiger partial charge in [0.15, 0.2) is 0 Å². The molecule has 1 aromatic rings. The van der Waals surface area contributed by atoms with Gasteiger partial charge in [0.2, 0.25) is 0 Å². The molecule has 68 valence electrons. The summed E-state index contributed by atoms with van der Waals surface area (Å²) in [4.78, 5) is 9.70.